The third kappa shape index (κ3) is 2.26. The van der Waals surface area contributed by atoms with Gasteiger partial charge in [0.25, 0.3) is 0 Å². The summed E-state index contributed by atoms with van der Waals surface area (Å²) < 4.78 is 0. The lowest BCUT2D eigenvalue weighted by molar-refractivity contribution is -0.124. The van der Waals surface area contributed by atoms with Crippen LogP contribution in [0.4, 0.5) is 0 Å². The number of rotatable bonds is 2. The van der Waals surface area contributed by atoms with Gasteiger partial charge in [0.2, 0.25) is 5.91 Å². The molecule has 1 unspecified atom stereocenters. The van der Waals surface area contributed by atoms with Crippen LogP contribution in [-0.4, -0.2) is 11.7 Å². The van der Waals surface area contributed by atoms with Crippen LogP contribution in [-0.2, 0) is 9.59 Å². The summed E-state index contributed by atoms with van der Waals surface area (Å²) in [6, 6.07) is 18.6. The fourth-order valence-corrected chi connectivity index (χ4v) is 2.31. The molecular formula is C17H13NO2. The standard InChI is InChI=1S/C17H13NO2/c19-16-14(11-12-7-3-1-4-8-12)18-17(20)15(16)13-9-5-2-6-10-13/h1-11,15H,(H,18,20)/b14-11-. The molecule has 0 saturated carbocycles. The zero-order chi connectivity index (χ0) is 13.9. The van der Waals surface area contributed by atoms with Crippen LogP contribution in [0.5, 0.6) is 0 Å². The van der Waals surface area contributed by atoms with Gasteiger partial charge < -0.3 is 5.32 Å². The minimum absolute atomic E-state index is 0.176. The summed E-state index contributed by atoms with van der Waals surface area (Å²) in [5, 5.41) is 2.67. The molecule has 1 saturated heterocycles. The summed E-state index contributed by atoms with van der Waals surface area (Å²) in [7, 11) is 0. The Balaban J connectivity index is 1.93. The molecule has 1 aliphatic rings. The smallest absolute Gasteiger partial charge is 0.239 e. The minimum atomic E-state index is -0.730. The molecule has 1 amide bonds. The molecule has 3 rings (SSSR count). The summed E-state index contributed by atoms with van der Waals surface area (Å²) >= 11 is 0. The summed E-state index contributed by atoms with van der Waals surface area (Å²) in [6.07, 6.45) is 1.71. The predicted octanol–water partition coefficient (Wildman–Crippen LogP) is 2.51. The molecule has 0 aromatic heterocycles. The van der Waals surface area contributed by atoms with E-state index in [4.69, 9.17) is 0 Å². The van der Waals surface area contributed by atoms with Crippen LogP contribution in [0.2, 0.25) is 0 Å². The number of allylic oxidation sites excluding steroid dienone is 1. The Kier molecular flexibility index (Phi) is 3.17. The van der Waals surface area contributed by atoms with Crippen molar-refractivity contribution in [1.82, 2.24) is 5.32 Å². The highest BCUT2D eigenvalue weighted by atomic mass is 16.2. The lowest BCUT2D eigenvalue weighted by Gasteiger charge is -2.04. The molecule has 0 aliphatic carbocycles. The van der Waals surface area contributed by atoms with Crippen molar-refractivity contribution >= 4 is 17.8 Å². The second-order valence-electron chi connectivity index (χ2n) is 4.67. The van der Waals surface area contributed by atoms with E-state index < -0.39 is 5.92 Å². The molecule has 1 heterocycles. The van der Waals surface area contributed by atoms with E-state index in [1.165, 1.54) is 0 Å². The topological polar surface area (TPSA) is 46.2 Å². The predicted molar refractivity (Wildman–Crippen MR) is 76.8 cm³/mol. The fraction of sp³-hybridized carbons (Fsp3) is 0.0588. The number of benzene rings is 2. The number of nitrogens with one attached hydrogen (secondary N) is 1. The summed E-state index contributed by atoms with van der Waals surface area (Å²) in [6.45, 7) is 0. The molecule has 3 nitrogen and oxygen atoms in total. The third-order valence-electron chi connectivity index (χ3n) is 3.29. The van der Waals surface area contributed by atoms with Crippen molar-refractivity contribution in [3.8, 4) is 0 Å². The van der Waals surface area contributed by atoms with Gasteiger partial charge >= 0.3 is 0 Å². The van der Waals surface area contributed by atoms with E-state index in [2.05, 4.69) is 5.32 Å². The van der Waals surface area contributed by atoms with Gasteiger partial charge in [0.05, 0.1) is 5.70 Å². The third-order valence-corrected chi connectivity index (χ3v) is 3.29. The minimum Gasteiger partial charge on any atom is -0.322 e. The monoisotopic (exact) mass is 263 g/mol. The molecule has 0 spiro atoms. The molecule has 98 valence electrons. The SMILES string of the molecule is O=C1N/C(=C\c2ccccc2)C(=O)C1c1ccccc1. The molecule has 1 N–H and O–H groups in total. The molecule has 20 heavy (non-hydrogen) atoms. The van der Waals surface area contributed by atoms with Crippen molar-refractivity contribution in [3.05, 3.63) is 77.5 Å². The Morgan fingerprint density at radius 2 is 1.45 bits per heavy atom. The van der Waals surface area contributed by atoms with E-state index >= 15 is 0 Å². The Morgan fingerprint density at radius 3 is 2.10 bits per heavy atom. The molecule has 3 heteroatoms. The van der Waals surface area contributed by atoms with E-state index in [1.54, 1.807) is 18.2 Å². The van der Waals surface area contributed by atoms with Crippen molar-refractivity contribution in [2.24, 2.45) is 0 Å². The molecular weight excluding hydrogens is 250 g/mol. The molecule has 2 aromatic carbocycles. The van der Waals surface area contributed by atoms with Gasteiger partial charge in [0.15, 0.2) is 5.78 Å². The zero-order valence-electron chi connectivity index (χ0n) is 10.7. The van der Waals surface area contributed by atoms with Crippen LogP contribution in [0.1, 0.15) is 17.0 Å². The highest BCUT2D eigenvalue weighted by Gasteiger charge is 2.37. The maximum atomic E-state index is 12.4. The number of hydrogen-bond acceptors (Lipinski definition) is 2. The van der Waals surface area contributed by atoms with E-state index in [0.717, 1.165) is 11.1 Å². The van der Waals surface area contributed by atoms with Gasteiger partial charge in [-0.25, -0.2) is 0 Å². The van der Waals surface area contributed by atoms with Crippen LogP contribution in [0.15, 0.2) is 66.4 Å². The molecule has 1 fully saturated rings. The highest BCUT2D eigenvalue weighted by molar-refractivity contribution is 6.22. The van der Waals surface area contributed by atoms with Crippen LogP contribution < -0.4 is 5.32 Å². The number of amides is 1. The van der Waals surface area contributed by atoms with E-state index in [0.29, 0.717) is 5.70 Å². The molecule has 0 bridgehead atoms. The van der Waals surface area contributed by atoms with E-state index in [9.17, 15) is 9.59 Å². The Bertz CT molecular complexity index is 675. The van der Waals surface area contributed by atoms with Crippen molar-refractivity contribution in [1.29, 1.82) is 0 Å². The number of hydrogen-bond donors (Lipinski definition) is 1. The highest BCUT2D eigenvalue weighted by Crippen LogP contribution is 2.26. The number of Topliss-reactive ketones (excluding diaryl/α,β-unsaturated/α-hetero) is 1. The van der Waals surface area contributed by atoms with Crippen LogP contribution in [0.3, 0.4) is 0 Å². The Morgan fingerprint density at radius 1 is 0.850 bits per heavy atom. The van der Waals surface area contributed by atoms with Crippen molar-refractivity contribution in [2.75, 3.05) is 0 Å². The first-order chi connectivity index (χ1) is 9.75. The fourth-order valence-electron chi connectivity index (χ4n) is 2.31. The molecule has 1 atom stereocenters. The van der Waals surface area contributed by atoms with Crippen LogP contribution in [0, 0.1) is 0 Å². The normalized spacial score (nSPS) is 20.2. The van der Waals surface area contributed by atoms with Gasteiger partial charge in [-0.05, 0) is 17.2 Å². The van der Waals surface area contributed by atoms with Gasteiger partial charge in [-0.2, -0.15) is 0 Å². The summed E-state index contributed by atoms with van der Waals surface area (Å²) in [5.74, 6) is -1.17. The largest absolute Gasteiger partial charge is 0.322 e. The van der Waals surface area contributed by atoms with Gasteiger partial charge in [-0.3, -0.25) is 9.59 Å². The summed E-state index contributed by atoms with van der Waals surface area (Å²) in [5.41, 5.74) is 1.98. The number of ketones is 1. The van der Waals surface area contributed by atoms with E-state index in [-0.39, 0.29) is 11.7 Å². The van der Waals surface area contributed by atoms with Gasteiger partial charge in [0.1, 0.15) is 5.92 Å². The average Bonchev–Trinajstić information content (AvgIpc) is 2.75. The van der Waals surface area contributed by atoms with Gasteiger partial charge in [-0.1, -0.05) is 60.7 Å². The maximum Gasteiger partial charge on any atom is 0.239 e. The second-order valence-corrected chi connectivity index (χ2v) is 4.67. The first-order valence-corrected chi connectivity index (χ1v) is 6.42. The quantitative estimate of drug-likeness (QED) is 0.668. The second kappa shape index (κ2) is 5.13. The van der Waals surface area contributed by atoms with Crippen molar-refractivity contribution in [2.45, 2.75) is 5.92 Å². The lowest BCUT2D eigenvalue weighted by Crippen LogP contribution is -2.17. The Labute approximate surface area is 116 Å². The van der Waals surface area contributed by atoms with E-state index in [1.807, 2.05) is 48.5 Å². The zero-order valence-corrected chi connectivity index (χ0v) is 10.7. The molecule has 0 radical (unpaired) electrons. The van der Waals surface area contributed by atoms with Crippen molar-refractivity contribution in [3.63, 3.8) is 0 Å². The number of carbonyl (C=O) groups is 2. The van der Waals surface area contributed by atoms with Crippen LogP contribution >= 0.6 is 0 Å². The van der Waals surface area contributed by atoms with Gasteiger partial charge in [0, 0.05) is 0 Å². The first-order valence-electron chi connectivity index (χ1n) is 6.42. The van der Waals surface area contributed by atoms with Gasteiger partial charge in [-0.15, -0.1) is 0 Å². The first kappa shape index (κ1) is 12.4. The van der Waals surface area contributed by atoms with Crippen LogP contribution in [0.25, 0.3) is 6.08 Å². The van der Waals surface area contributed by atoms with Crippen molar-refractivity contribution < 1.29 is 9.59 Å². The maximum absolute atomic E-state index is 12.4. The Hall–Kier alpha value is -2.68. The molecule has 2 aromatic rings. The summed E-state index contributed by atoms with van der Waals surface area (Å²) in [4.78, 5) is 24.4. The lowest BCUT2D eigenvalue weighted by atomic mass is 9.95. The average molecular weight is 263 g/mol. The number of carbonyl (C=O) groups excluding carboxylic acids is 2. The molecule has 1 aliphatic heterocycles.